The quantitative estimate of drug-likeness (QED) is 0.409. The summed E-state index contributed by atoms with van der Waals surface area (Å²) in [6.07, 6.45) is 0.898. The van der Waals surface area contributed by atoms with Crippen molar-refractivity contribution in [3.63, 3.8) is 0 Å². The molecule has 0 heterocycles. The second kappa shape index (κ2) is 9.03. The fourth-order valence-corrected chi connectivity index (χ4v) is 4.39. The van der Waals surface area contributed by atoms with E-state index in [1.54, 1.807) is 0 Å². The molecule has 31 heavy (non-hydrogen) atoms. The van der Waals surface area contributed by atoms with Crippen LogP contribution < -0.4 is 11.5 Å². The van der Waals surface area contributed by atoms with Crippen LogP contribution in [0.5, 0.6) is 0 Å². The van der Waals surface area contributed by atoms with Crippen molar-refractivity contribution < 1.29 is 5.11 Å². The van der Waals surface area contributed by atoms with Crippen LogP contribution in [0.1, 0.15) is 33.9 Å². The topological polar surface area (TPSA) is 72.3 Å². The van der Waals surface area contributed by atoms with E-state index in [0.717, 1.165) is 38.6 Å². The highest BCUT2D eigenvalue weighted by Crippen LogP contribution is 2.34. The molecule has 0 aliphatic heterocycles. The van der Waals surface area contributed by atoms with Crippen LogP contribution in [-0.2, 0) is 19.4 Å². The highest BCUT2D eigenvalue weighted by Gasteiger charge is 2.36. The second-order valence-electron chi connectivity index (χ2n) is 8.44. The van der Waals surface area contributed by atoms with Crippen molar-refractivity contribution in [2.45, 2.75) is 38.0 Å². The van der Waals surface area contributed by atoms with Crippen molar-refractivity contribution in [1.29, 1.82) is 0 Å². The summed E-state index contributed by atoms with van der Waals surface area (Å²) in [6.45, 7) is 2.51. The molecule has 0 fully saturated rings. The molecule has 0 aromatic heterocycles. The van der Waals surface area contributed by atoms with Crippen LogP contribution in [0.3, 0.4) is 0 Å². The Balaban J connectivity index is 1.77. The van der Waals surface area contributed by atoms with Gasteiger partial charge in [-0.25, -0.2) is 0 Å². The van der Waals surface area contributed by atoms with Gasteiger partial charge >= 0.3 is 0 Å². The average Bonchev–Trinajstić information content (AvgIpc) is 2.80. The summed E-state index contributed by atoms with van der Waals surface area (Å²) in [7, 11) is 0. The summed E-state index contributed by atoms with van der Waals surface area (Å²) in [5.74, 6) is 0. The van der Waals surface area contributed by atoms with Gasteiger partial charge in [-0.1, -0.05) is 84.9 Å². The zero-order chi connectivity index (χ0) is 21.8. The van der Waals surface area contributed by atoms with Crippen molar-refractivity contribution in [3.05, 3.63) is 119 Å². The molecule has 0 saturated heterocycles. The van der Waals surface area contributed by atoms with Gasteiger partial charge in [-0.2, -0.15) is 0 Å². The van der Waals surface area contributed by atoms with Crippen molar-refractivity contribution in [2.24, 2.45) is 11.5 Å². The number of rotatable bonds is 7. The maximum absolute atomic E-state index is 12.1. The maximum Gasteiger partial charge on any atom is 0.0919 e. The third kappa shape index (κ3) is 4.54. The number of fused-ring (bicyclic) bond motifs is 1. The Kier molecular flexibility index (Phi) is 6.19. The van der Waals surface area contributed by atoms with E-state index >= 15 is 0 Å². The number of hydrogen-bond donors (Lipinski definition) is 3. The van der Waals surface area contributed by atoms with Crippen LogP contribution in [0.15, 0.2) is 91.0 Å². The SMILES string of the molecule is Cc1ccccc1CC(O)(Cc1ccccc1CN)[C@H](N)c1ccc2ccccc2c1. The lowest BCUT2D eigenvalue weighted by atomic mass is 9.77. The van der Waals surface area contributed by atoms with Crippen LogP contribution in [-0.4, -0.2) is 10.7 Å². The first-order valence-electron chi connectivity index (χ1n) is 10.8. The van der Waals surface area contributed by atoms with Gasteiger partial charge in [0.15, 0.2) is 0 Å². The molecular weight excluding hydrogens is 380 g/mol. The number of hydrogen-bond acceptors (Lipinski definition) is 3. The van der Waals surface area contributed by atoms with Gasteiger partial charge in [0, 0.05) is 19.4 Å². The number of nitrogens with two attached hydrogens (primary N) is 2. The Hall–Kier alpha value is -2.98. The van der Waals surface area contributed by atoms with Gasteiger partial charge in [0.1, 0.15) is 0 Å². The molecule has 4 rings (SSSR count). The molecule has 0 bridgehead atoms. The molecule has 3 heteroatoms. The van der Waals surface area contributed by atoms with Crippen LogP contribution >= 0.6 is 0 Å². The zero-order valence-corrected chi connectivity index (χ0v) is 18.0. The summed E-state index contributed by atoms with van der Waals surface area (Å²) in [6, 6.07) is 30.1. The number of aryl methyl sites for hydroxylation is 1. The first kappa shape index (κ1) is 21.3. The monoisotopic (exact) mass is 410 g/mol. The lowest BCUT2D eigenvalue weighted by Crippen LogP contribution is -2.45. The molecule has 1 unspecified atom stereocenters. The minimum atomic E-state index is -1.17. The van der Waals surface area contributed by atoms with E-state index in [-0.39, 0.29) is 0 Å². The van der Waals surface area contributed by atoms with Crippen molar-refractivity contribution in [3.8, 4) is 0 Å². The molecule has 0 amide bonds. The highest BCUT2D eigenvalue weighted by atomic mass is 16.3. The normalized spacial score (nSPS) is 14.3. The predicted molar refractivity (Wildman–Crippen MR) is 129 cm³/mol. The van der Waals surface area contributed by atoms with Crippen LogP contribution in [0, 0.1) is 6.92 Å². The molecule has 5 N–H and O–H groups in total. The summed E-state index contributed by atoms with van der Waals surface area (Å²) in [4.78, 5) is 0. The third-order valence-electron chi connectivity index (χ3n) is 6.30. The fraction of sp³-hybridized carbons (Fsp3) is 0.214. The second-order valence-corrected chi connectivity index (χ2v) is 8.44. The van der Waals surface area contributed by atoms with Gasteiger partial charge in [-0.15, -0.1) is 0 Å². The lowest BCUT2D eigenvalue weighted by molar-refractivity contribution is 0.0134. The highest BCUT2D eigenvalue weighted by molar-refractivity contribution is 5.83. The summed E-state index contributed by atoms with van der Waals surface area (Å²) >= 11 is 0. The van der Waals surface area contributed by atoms with E-state index in [4.69, 9.17) is 11.5 Å². The van der Waals surface area contributed by atoms with E-state index in [1.165, 1.54) is 0 Å². The van der Waals surface area contributed by atoms with Gasteiger partial charge in [-0.3, -0.25) is 0 Å². The molecular formula is C28H30N2O. The lowest BCUT2D eigenvalue weighted by Gasteiger charge is -2.36. The minimum Gasteiger partial charge on any atom is -0.387 e. The van der Waals surface area contributed by atoms with E-state index in [9.17, 15) is 5.11 Å². The smallest absolute Gasteiger partial charge is 0.0919 e. The van der Waals surface area contributed by atoms with Gasteiger partial charge in [-0.05, 0) is 51.6 Å². The van der Waals surface area contributed by atoms with Crippen molar-refractivity contribution in [2.75, 3.05) is 0 Å². The molecule has 2 atom stereocenters. The molecule has 3 nitrogen and oxygen atoms in total. The van der Waals surface area contributed by atoms with E-state index in [0.29, 0.717) is 19.4 Å². The molecule has 0 aliphatic carbocycles. The Morgan fingerprint density at radius 3 is 2.03 bits per heavy atom. The standard InChI is InChI=1S/C28H30N2O/c1-20-8-2-3-11-24(20)17-28(31,18-25-12-6-7-13-26(25)19-29)27(30)23-15-14-21-9-4-5-10-22(21)16-23/h2-16,27,31H,17-19,29-30H2,1H3/t27-,28?/m1/s1. The number of benzene rings is 4. The molecule has 158 valence electrons. The average molecular weight is 411 g/mol. The van der Waals surface area contributed by atoms with Gasteiger partial charge in [0.2, 0.25) is 0 Å². The Labute approximate surface area is 184 Å². The summed E-state index contributed by atoms with van der Waals surface area (Å²) in [5.41, 5.74) is 16.9. The molecule has 4 aromatic carbocycles. The Morgan fingerprint density at radius 2 is 1.32 bits per heavy atom. The fourth-order valence-electron chi connectivity index (χ4n) is 4.39. The van der Waals surface area contributed by atoms with Crippen molar-refractivity contribution >= 4 is 10.8 Å². The van der Waals surface area contributed by atoms with Crippen LogP contribution in [0.2, 0.25) is 0 Å². The Morgan fingerprint density at radius 1 is 0.742 bits per heavy atom. The zero-order valence-electron chi connectivity index (χ0n) is 18.0. The van der Waals surface area contributed by atoms with E-state index in [2.05, 4.69) is 43.3 Å². The molecule has 4 aromatic rings. The minimum absolute atomic E-state index is 0.432. The largest absolute Gasteiger partial charge is 0.387 e. The predicted octanol–water partition coefficient (Wildman–Crippen LogP) is 4.82. The van der Waals surface area contributed by atoms with E-state index in [1.807, 2.05) is 54.6 Å². The van der Waals surface area contributed by atoms with Crippen LogP contribution in [0.4, 0.5) is 0 Å². The van der Waals surface area contributed by atoms with Gasteiger partial charge in [0.25, 0.3) is 0 Å². The van der Waals surface area contributed by atoms with Gasteiger partial charge in [0.05, 0.1) is 11.6 Å². The summed E-state index contributed by atoms with van der Waals surface area (Å²) < 4.78 is 0. The molecule has 0 spiro atoms. The van der Waals surface area contributed by atoms with Gasteiger partial charge < -0.3 is 16.6 Å². The first-order valence-corrected chi connectivity index (χ1v) is 10.8. The molecule has 0 aliphatic rings. The maximum atomic E-state index is 12.1. The first-order chi connectivity index (χ1) is 15.0. The number of aliphatic hydroxyl groups is 1. The summed E-state index contributed by atoms with van der Waals surface area (Å²) in [5, 5.41) is 14.4. The third-order valence-corrected chi connectivity index (χ3v) is 6.30. The Bertz CT molecular complexity index is 1190. The van der Waals surface area contributed by atoms with Crippen molar-refractivity contribution in [1.82, 2.24) is 0 Å². The van der Waals surface area contributed by atoms with E-state index < -0.39 is 11.6 Å². The van der Waals surface area contributed by atoms with Crippen LogP contribution in [0.25, 0.3) is 10.8 Å². The molecule has 0 saturated carbocycles. The molecule has 0 radical (unpaired) electrons.